The summed E-state index contributed by atoms with van der Waals surface area (Å²) in [6.45, 7) is 1.68. The predicted octanol–water partition coefficient (Wildman–Crippen LogP) is 2.19. The van der Waals surface area contributed by atoms with Crippen molar-refractivity contribution in [3.63, 3.8) is 0 Å². The Morgan fingerprint density at radius 1 is 1.05 bits per heavy atom. The van der Waals surface area contributed by atoms with Crippen molar-refractivity contribution in [3.05, 3.63) is 40.9 Å². The van der Waals surface area contributed by atoms with E-state index in [2.05, 4.69) is 4.98 Å². The molecule has 5 nitrogen and oxygen atoms in total. The first kappa shape index (κ1) is 14.8. The van der Waals surface area contributed by atoms with Gasteiger partial charge in [-0.05, 0) is 25.0 Å². The minimum atomic E-state index is -0.147. The van der Waals surface area contributed by atoms with E-state index in [1.165, 1.54) is 30.2 Å². The molecule has 0 spiro atoms. The summed E-state index contributed by atoms with van der Waals surface area (Å²) in [6.07, 6.45) is 7.21. The summed E-state index contributed by atoms with van der Waals surface area (Å²) < 4.78 is 1.42. The van der Waals surface area contributed by atoms with Gasteiger partial charge in [0.15, 0.2) is 0 Å². The first-order chi connectivity index (χ1) is 10.8. The van der Waals surface area contributed by atoms with E-state index >= 15 is 0 Å². The molecule has 1 aliphatic rings. The second-order valence-corrected chi connectivity index (χ2v) is 5.84. The standard InChI is InChI=1S/C17H21N3O2/c21-16(19-10-6-2-1-3-7-11-19)12-20-13-18-15-9-5-4-8-14(15)17(20)22/h4-5,8-9,13H,1-3,6-7,10-12H2. The molecule has 116 valence electrons. The van der Waals surface area contributed by atoms with Crippen molar-refractivity contribution in [3.8, 4) is 0 Å². The number of carbonyl (C=O) groups excluding carboxylic acids is 1. The van der Waals surface area contributed by atoms with Crippen LogP contribution in [0.2, 0.25) is 0 Å². The smallest absolute Gasteiger partial charge is 0.261 e. The monoisotopic (exact) mass is 299 g/mol. The minimum absolute atomic E-state index is 0.0149. The highest BCUT2D eigenvalue weighted by atomic mass is 16.2. The zero-order chi connectivity index (χ0) is 15.4. The second kappa shape index (κ2) is 6.73. The van der Waals surface area contributed by atoms with Gasteiger partial charge in [0.1, 0.15) is 6.54 Å². The molecule has 1 aliphatic heterocycles. The normalized spacial score (nSPS) is 16.3. The van der Waals surface area contributed by atoms with Crippen molar-refractivity contribution in [2.45, 2.75) is 38.6 Å². The Kier molecular flexibility index (Phi) is 4.51. The Morgan fingerprint density at radius 3 is 2.50 bits per heavy atom. The van der Waals surface area contributed by atoms with E-state index in [1.807, 2.05) is 17.0 Å². The molecule has 0 saturated carbocycles. The van der Waals surface area contributed by atoms with Gasteiger partial charge >= 0.3 is 0 Å². The number of carbonyl (C=O) groups is 1. The number of hydrogen-bond donors (Lipinski definition) is 0. The van der Waals surface area contributed by atoms with Crippen LogP contribution in [-0.2, 0) is 11.3 Å². The molecule has 22 heavy (non-hydrogen) atoms. The van der Waals surface area contributed by atoms with E-state index in [0.717, 1.165) is 25.9 Å². The lowest BCUT2D eigenvalue weighted by molar-refractivity contribution is -0.132. The average molecular weight is 299 g/mol. The molecule has 1 aromatic heterocycles. The van der Waals surface area contributed by atoms with Crippen LogP contribution in [0.15, 0.2) is 35.4 Å². The SMILES string of the molecule is O=C(Cn1cnc2ccccc2c1=O)N1CCCCCCC1. The third kappa shape index (κ3) is 3.18. The van der Waals surface area contributed by atoms with Gasteiger partial charge in [-0.3, -0.25) is 14.2 Å². The Labute approximate surface area is 129 Å². The fourth-order valence-electron chi connectivity index (χ4n) is 2.96. The van der Waals surface area contributed by atoms with Crippen molar-refractivity contribution in [1.29, 1.82) is 0 Å². The fraction of sp³-hybridized carbons (Fsp3) is 0.471. The first-order valence-corrected chi connectivity index (χ1v) is 7.98. The molecular formula is C17H21N3O2. The van der Waals surface area contributed by atoms with Crippen LogP contribution >= 0.6 is 0 Å². The van der Waals surface area contributed by atoms with E-state index in [9.17, 15) is 9.59 Å². The average Bonchev–Trinajstić information content (AvgIpc) is 2.50. The van der Waals surface area contributed by atoms with Crippen molar-refractivity contribution >= 4 is 16.8 Å². The van der Waals surface area contributed by atoms with E-state index in [1.54, 1.807) is 12.1 Å². The summed E-state index contributed by atoms with van der Waals surface area (Å²) in [6, 6.07) is 7.23. The van der Waals surface area contributed by atoms with Crippen LogP contribution in [0.3, 0.4) is 0 Å². The summed E-state index contributed by atoms with van der Waals surface area (Å²) >= 11 is 0. The van der Waals surface area contributed by atoms with Gasteiger partial charge in [-0.2, -0.15) is 0 Å². The predicted molar refractivity (Wildman–Crippen MR) is 85.7 cm³/mol. The van der Waals surface area contributed by atoms with E-state index in [4.69, 9.17) is 0 Å². The van der Waals surface area contributed by atoms with Crippen molar-refractivity contribution in [1.82, 2.24) is 14.5 Å². The fourth-order valence-corrected chi connectivity index (χ4v) is 2.96. The van der Waals surface area contributed by atoms with Crippen LogP contribution in [0.4, 0.5) is 0 Å². The number of hydrogen-bond acceptors (Lipinski definition) is 3. The zero-order valence-corrected chi connectivity index (χ0v) is 12.7. The van der Waals surface area contributed by atoms with E-state index in [-0.39, 0.29) is 18.0 Å². The van der Waals surface area contributed by atoms with Gasteiger partial charge in [-0.25, -0.2) is 4.98 Å². The molecule has 1 aromatic carbocycles. The molecule has 0 unspecified atom stereocenters. The molecule has 1 amide bonds. The molecule has 0 radical (unpaired) electrons. The summed E-state index contributed by atoms with van der Waals surface area (Å²) in [5, 5.41) is 0.561. The molecule has 0 bridgehead atoms. The van der Waals surface area contributed by atoms with Gasteiger partial charge in [0.25, 0.3) is 5.56 Å². The summed E-state index contributed by atoms with van der Waals surface area (Å²) in [7, 11) is 0. The number of likely N-dealkylation sites (tertiary alicyclic amines) is 1. The topological polar surface area (TPSA) is 55.2 Å². The number of amides is 1. The number of fused-ring (bicyclic) bond motifs is 1. The maximum Gasteiger partial charge on any atom is 0.261 e. The molecule has 0 N–H and O–H groups in total. The Hall–Kier alpha value is -2.17. The molecule has 0 aliphatic carbocycles. The largest absolute Gasteiger partial charge is 0.341 e. The summed E-state index contributed by atoms with van der Waals surface area (Å²) in [4.78, 5) is 31.0. The number of nitrogens with zero attached hydrogens (tertiary/aromatic N) is 3. The summed E-state index contributed by atoms with van der Waals surface area (Å²) in [5.41, 5.74) is 0.522. The van der Waals surface area contributed by atoms with Crippen LogP contribution in [0.5, 0.6) is 0 Å². The number of benzene rings is 1. The van der Waals surface area contributed by atoms with Crippen molar-refractivity contribution in [2.24, 2.45) is 0 Å². The number of aromatic nitrogens is 2. The molecule has 3 rings (SSSR count). The lowest BCUT2D eigenvalue weighted by atomic mass is 10.1. The van der Waals surface area contributed by atoms with Crippen LogP contribution in [0.1, 0.15) is 32.1 Å². The molecule has 1 fully saturated rings. The molecular weight excluding hydrogens is 278 g/mol. The van der Waals surface area contributed by atoms with Crippen molar-refractivity contribution < 1.29 is 4.79 Å². The maximum absolute atomic E-state index is 12.5. The van der Waals surface area contributed by atoms with Crippen LogP contribution in [0.25, 0.3) is 10.9 Å². The lowest BCUT2D eigenvalue weighted by Gasteiger charge is -2.25. The van der Waals surface area contributed by atoms with Crippen LogP contribution in [-0.4, -0.2) is 33.4 Å². The van der Waals surface area contributed by atoms with Gasteiger partial charge in [0.05, 0.1) is 17.2 Å². The Bertz CT molecular complexity index is 715. The third-order valence-electron chi connectivity index (χ3n) is 4.25. The summed E-state index contributed by atoms with van der Waals surface area (Å²) in [5.74, 6) is 0.0149. The molecule has 0 atom stereocenters. The second-order valence-electron chi connectivity index (χ2n) is 5.84. The van der Waals surface area contributed by atoms with Crippen molar-refractivity contribution in [2.75, 3.05) is 13.1 Å². The van der Waals surface area contributed by atoms with Gasteiger partial charge in [-0.1, -0.05) is 31.4 Å². The highest BCUT2D eigenvalue weighted by Crippen LogP contribution is 2.11. The molecule has 5 heteroatoms. The van der Waals surface area contributed by atoms with Gasteiger partial charge in [0.2, 0.25) is 5.91 Å². The van der Waals surface area contributed by atoms with Crippen LogP contribution in [0, 0.1) is 0 Å². The first-order valence-electron chi connectivity index (χ1n) is 7.98. The third-order valence-corrected chi connectivity index (χ3v) is 4.25. The highest BCUT2D eigenvalue weighted by Gasteiger charge is 2.16. The number of rotatable bonds is 2. The quantitative estimate of drug-likeness (QED) is 0.854. The van der Waals surface area contributed by atoms with Crippen LogP contribution < -0.4 is 5.56 Å². The Morgan fingerprint density at radius 2 is 1.73 bits per heavy atom. The Balaban J connectivity index is 1.78. The lowest BCUT2D eigenvalue weighted by Crippen LogP contribution is -2.38. The molecule has 2 aromatic rings. The zero-order valence-electron chi connectivity index (χ0n) is 12.7. The van der Waals surface area contributed by atoms with Gasteiger partial charge in [-0.15, -0.1) is 0 Å². The van der Waals surface area contributed by atoms with E-state index in [0.29, 0.717) is 10.9 Å². The highest BCUT2D eigenvalue weighted by molar-refractivity contribution is 5.79. The number of para-hydroxylation sites is 1. The van der Waals surface area contributed by atoms with E-state index < -0.39 is 0 Å². The maximum atomic E-state index is 12.5. The minimum Gasteiger partial charge on any atom is -0.341 e. The molecule has 1 saturated heterocycles. The van der Waals surface area contributed by atoms with Gasteiger partial charge < -0.3 is 4.90 Å². The van der Waals surface area contributed by atoms with Gasteiger partial charge in [0, 0.05) is 13.1 Å². The molecule has 2 heterocycles.